The van der Waals surface area contributed by atoms with Gasteiger partial charge >= 0.3 is 0 Å². The Balaban J connectivity index is 2.21. The van der Waals surface area contributed by atoms with E-state index >= 15 is 0 Å². The number of hydrogen-bond acceptors (Lipinski definition) is 3. The van der Waals surface area contributed by atoms with E-state index in [1.54, 1.807) is 31.4 Å². The van der Waals surface area contributed by atoms with Gasteiger partial charge in [0.2, 0.25) is 0 Å². The molecule has 2 aromatic carbocycles. The van der Waals surface area contributed by atoms with Crippen molar-refractivity contribution in [2.75, 3.05) is 19.0 Å². The van der Waals surface area contributed by atoms with E-state index in [0.717, 1.165) is 16.9 Å². The van der Waals surface area contributed by atoms with Gasteiger partial charge in [0.05, 0.1) is 13.2 Å². The van der Waals surface area contributed by atoms with Crippen molar-refractivity contribution in [1.29, 1.82) is 0 Å². The summed E-state index contributed by atoms with van der Waals surface area (Å²) in [7, 11) is 1.61. The van der Waals surface area contributed by atoms with Crippen LogP contribution in [-0.2, 0) is 11.3 Å². The van der Waals surface area contributed by atoms with Gasteiger partial charge in [-0.15, -0.1) is 0 Å². The van der Waals surface area contributed by atoms with Crippen LogP contribution in [-0.4, -0.2) is 19.6 Å². The van der Waals surface area contributed by atoms with Crippen LogP contribution in [0.15, 0.2) is 36.4 Å². The van der Waals surface area contributed by atoms with Crippen LogP contribution in [0.4, 0.5) is 5.69 Å². The molecule has 2 aromatic rings. The summed E-state index contributed by atoms with van der Waals surface area (Å²) in [5.74, 6) is 0.523. The van der Waals surface area contributed by atoms with E-state index in [1.807, 2.05) is 26.0 Å². The zero-order valence-corrected chi connectivity index (χ0v) is 14.2. The minimum Gasteiger partial charge on any atom is -0.494 e. The van der Waals surface area contributed by atoms with E-state index in [2.05, 4.69) is 5.32 Å². The van der Waals surface area contributed by atoms with Gasteiger partial charge < -0.3 is 14.8 Å². The summed E-state index contributed by atoms with van der Waals surface area (Å²) in [5.41, 5.74) is 3.00. The molecule has 0 unspecified atom stereocenters. The number of rotatable bonds is 6. The molecule has 0 saturated carbocycles. The topological polar surface area (TPSA) is 47.6 Å². The predicted molar refractivity (Wildman–Crippen MR) is 92.5 cm³/mol. The number of ether oxygens (including phenoxy) is 2. The van der Waals surface area contributed by atoms with Crippen LogP contribution in [0.5, 0.6) is 5.75 Å². The van der Waals surface area contributed by atoms with Crippen LogP contribution >= 0.6 is 11.6 Å². The SMILES string of the molecule is CCOc1ccc(C(=O)Nc2ccc(C)c(Cl)c2)cc1COC. The van der Waals surface area contributed by atoms with Crippen LogP contribution in [0.2, 0.25) is 5.02 Å². The fourth-order valence-corrected chi connectivity index (χ4v) is 2.34. The molecule has 0 heterocycles. The lowest BCUT2D eigenvalue weighted by atomic mass is 10.1. The summed E-state index contributed by atoms with van der Waals surface area (Å²) in [6.45, 7) is 4.77. The van der Waals surface area contributed by atoms with Gasteiger partial charge in [0.15, 0.2) is 0 Å². The highest BCUT2D eigenvalue weighted by molar-refractivity contribution is 6.31. The minimum absolute atomic E-state index is 0.203. The maximum Gasteiger partial charge on any atom is 0.255 e. The molecule has 122 valence electrons. The molecular formula is C18H20ClNO3. The van der Waals surface area contributed by atoms with E-state index in [4.69, 9.17) is 21.1 Å². The lowest BCUT2D eigenvalue weighted by Crippen LogP contribution is -2.12. The highest BCUT2D eigenvalue weighted by Crippen LogP contribution is 2.23. The molecule has 0 radical (unpaired) electrons. The molecule has 0 bridgehead atoms. The number of hydrogen-bond donors (Lipinski definition) is 1. The normalized spacial score (nSPS) is 10.4. The summed E-state index contributed by atoms with van der Waals surface area (Å²) >= 11 is 6.08. The number of carbonyl (C=O) groups excluding carboxylic acids is 1. The molecule has 5 heteroatoms. The molecule has 0 aromatic heterocycles. The van der Waals surface area contributed by atoms with E-state index in [0.29, 0.717) is 29.5 Å². The van der Waals surface area contributed by atoms with Crippen molar-refractivity contribution in [3.8, 4) is 5.75 Å². The van der Waals surface area contributed by atoms with Gasteiger partial charge in [-0.3, -0.25) is 4.79 Å². The number of nitrogens with one attached hydrogen (secondary N) is 1. The molecule has 0 aliphatic carbocycles. The van der Waals surface area contributed by atoms with Gasteiger partial charge in [-0.25, -0.2) is 0 Å². The fourth-order valence-electron chi connectivity index (χ4n) is 2.16. The molecule has 4 nitrogen and oxygen atoms in total. The van der Waals surface area contributed by atoms with Crippen LogP contribution in [0.1, 0.15) is 28.4 Å². The molecule has 0 aliphatic heterocycles. The Morgan fingerprint density at radius 3 is 2.65 bits per heavy atom. The molecule has 0 saturated heterocycles. The lowest BCUT2D eigenvalue weighted by molar-refractivity contribution is 0.102. The van der Waals surface area contributed by atoms with E-state index in [-0.39, 0.29) is 5.91 Å². The number of halogens is 1. The third kappa shape index (κ3) is 4.47. The number of methoxy groups -OCH3 is 1. The summed E-state index contributed by atoms with van der Waals surface area (Å²) in [5, 5.41) is 3.46. The number of aryl methyl sites for hydroxylation is 1. The van der Waals surface area contributed by atoms with E-state index in [1.165, 1.54) is 0 Å². The standard InChI is InChI=1S/C18H20ClNO3/c1-4-23-17-8-6-13(9-14(17)11-22-3)18(21)20-15-7-5-12(2)16(19)10-15/h5-10H,4,11H2,1-3H3,(H,20,21). The Morgan fingerprint density at radius 2 is 2.00 bits per heavy atom. The lowest BCUT2D eigenvalue weighted by Gasteiger charge is -2.12. The molecule has 0 fully saturated rings. The molecule has 1 N–H and O–H groups in total. The zero-order chi connectivity index (χ0) is 16.8. The number of amides is 1. The van der Waals surface area contributed by atoms with Crippen LogP contribution in [0, 0.1) is 6.92 Å². The third-order valence-corrected chi connectivity index (χ3v) is 3.76. The van der Waals surface area contributed by atoms with Gasteiger partial charge in [-0.2, -0.15) is 0 Å². The van der Waals surface area contributed by atoms with Crippen molar-refractivity contribution >= 4 is 23.2 Å². The van der Waals surface area contributed by atoms with Crippen LogP contribution in [0.25, 0.3) is 0 Å². The molecule has 2 rings (SSSR count). The predicted octanol–water partition coefficient (Wildman–Crippen LogP) is 4.45. The molecular weight excluding hydrogens is 314 g/mol. The molecule has 1 amide bonds. The van der Waals surface area contributed by atoms with Gasteiger partial charge in [0, 0.05) is 28.9 Å². The Labute approximate surface area is 141 Å². The Bertz CT molecular complexity index is 701. The average molecular weight is 334 g/mol. The molecule has 0 aliphatic rings. The summed E-state index contributed by atoms with van der Waals surface area (Å²) < 4.78 is 10.7. The highest BCUT2D eigenvalue weighted by Gasteiger charge is 2.11. The van der Waals surface area contributed by atoms with Gasteiger partial charge in [0.1, 0.15) is 5.75 Å². The van der Waals surface area contributed by atoms with Crippen LogP contribution < -0.4 is 10.1 Å². The van der Waals surface area contributed by atoms with Gasteiger partial charge in [0.25, 0.3) is 5.91 Å². The first kappa shape index (κ1) is 17.3. The van der Waals surface area contributed by atoms with Gasteiger partial charge in [-0.1, -0.05) is 17.7 Å². The maximum absolute atomic E-state index is 12.4. The maximum atomic E-state index is 12.4. The Hall–Kier alpha value is -2.04. The van der Waals surface area contributed by atoms with Crippen molar-refractivity contribution in [2.45, 2.75) is 20.5 Å². The van der Waals surface area contributed by atoms with Crippen molar-refractivity contribution in [1.82, 2.24) is 0 Å². The first-order chi connectivity index (χ1) is 11.0. The van der Waals surface area contributed by atoms with E-state index in [9.17, 15) is 4.79 Å². The average Bonchev–Trinajstić information content (AvgIpc) is 2.53. The van der Waals surface area contributed by atoms with Gasteiger partial charge in [-0.05, 0) is 49.7 Å². The first-order valence-electron chi connectivity index (χ1n) is 7.37. The molecule has 23 heavy (non-hydrogen) atoms. The zero-order valence-electron chi connectivity index (χ0n) is 13.5. The minimum atomic E-state index is -0.203. The van der Waals surface area contributed by atoms with Crippen molar-refractivity contribution < 1.29 is 14.3 Å². The molecule has 0 spiro atoms. The third-order valence-electron chi connectivity index (χ3n) is 3.35. The summed E-state index contributed by atoms with van der Waals surface area (Å²) in [4.78, 5) is 12.4. The van der Waals surface area contributed by atoms with Crippen molar-refractivity contribution in [2.24, 2.45) is 0 Å². The van der Waals surface area contributed by atoms with Crippen LogP contribution in [0.3, 0.4) is 0 Å². The second-order valence-corrected chi connectivity index (χ2v) is 5.51. The Kier molecular flexibility index (Phi) is 6.02. The summed E-state index contributed by atoms with van der Waals surface area (Å²) in [6.07, 6.45) is 0. The smallest absolute Gasteiger partial charge is 0.255 e. The largest absolute Gasteiger partial charge is 0.494 e. The quantitative estimate of drug-likeness (QED) is 0.849. The van der Waals surface area contributed by atoms with E-state index < -0.39 is 0 Å². The van der Waals surface area contributed by atoms with Crippen molar-refractivity contribution in [3.63, 3.8) is 0 Å². The summed E-state index contributed by atoms with van der Waals surface area (Å²) in [6, 6.07) is 10.7. The highest BCUT2D eigenvalue weighted by atomic mass is 35.5. The number of carbonyl (C=O) groups is 1. The monoisotopic (exact) mass is 333 g/mol. The first-order valence-corrected chi connectivity index (χ1v) is 7.75. The second-order valence-electron chi connectivity index (χ2n) is 5.11. The fraction of sp³-hybridized carbons (Fsp3) is 0.278. The van der Waals surface area contributed by atoms with Crippen molar-refractivity contribution in [3.05, 3.63) is 58.1 Å². The molecule has 0 atom stereocenters. The number of anilines is 1. The second kappa shape index (κ2) is 7.99. The number of benzene rings is 2. The Morgan fingerprint density at radius 1 is 1.22 bits per heavy atom.